The van der Waals surface area contributed by atoms with Gasteiger partial charge >= 0.3 is 5.97 Å². The largest absolute Gasteiger partial charge is 0.480 e. The number of hydrogen-bond donors (Lipinski definition) is 2. The Bertz CT molecular complexity index is 368. The van der Waals surface area contributed by atoms with Gasteiger partial charge in [0.2, 0.25) is 6.41 Å². The van der Waals surface area contributed by atoms with Crippen LogP contribution in [0.15, 0.2) is 25.3 Å². The Morgan fingerprint density at radius 2 is 1.96 bits per heavy atom. The Morgan fingerprint density at radius 1 is 1.25 bits per heavy atom. The SMILES string of the molecule is C=CCCCCC[C@H](NC(OC)OCCC(C)(C)CC=C)C(=O)O. The van der Waals surface area contributed by atoms with Gasteiger partial charge in [-0.1, -0.05) is 38.8 Å². The topological polar surface area (TPSA) is 67.8 Å². The fraction of sp³-hybridized carbons (Fsp3) is 0.737. The zero-order chi connectivity index (χ0) is 18.4. The number of unbranched alkanes of at least 4 members (excludes halogenated alkanes) is 3. The Kier molecular flexibility index (Phi) is 12.5. The summed E-state index contributed by atoms with van der Waals surface area (Å²) in [6.07, 6.45) is 9.23. The Hall–Kier alpha value is -1.17. The summed E-state index contributed by atoms with van der Waals surface area (Å²) in [6.45, 7) is 12.2. The predicted octanol–water partition coefficient (Wildman–Crippen LogP) is 4.10. The Balaban J connectivity index is 4.24. The molecule has 0 aliphatic carbocycles. The summed E-state index contributed by atoms with van der Waals surface area (Å²) < 4.78 is 10.9. The summed E-state index contributed by atoms with van der Waals surface area (Å²) in [5.74, 6) is -0.878. The quantitative estimate of drug-likeness (QED) is 0.251. The third kappa shape index (κ3) is 11.4. The number of allylic oxidation sites excluding steroid dienone is 2. The molecule has 5 nitrogen and oxygen atoms in total. The molecule has 2 N–H and O–H groups in total. The molecule has 0 aromatic heterocycles. The van der Waals surface area contributed by atoms with E-state index >= 15 is 0 Å². The molecule has 0 aliphatic rings. The third-order valence-electron chi connectivity index (χ3n) is 4.00. The maximum atomic E-state index is 11.4. The molecule has 0 saturated carbocycles. The van der Waals surface area contributed by atoms with Gasteiger partial charge in [0, 0.05) is 7.11 Å². The van der Waals surface area contributed by atoms with E-state index < -0.39 is 18.4 Å². The number of hydrogen-bond acceptors (Lipinski definition) is 4. The average molecular weight is 341 g/mol. The van der Waals surface area contributed by atoms with E-state index in [0.29, 0.717) is 13.0 Å². The van der Waals surface area contributed by atoms with Crippen molar-refractivity contribution in [3.8, 4) is 0 Å². The second-order valence-electron chi connectivity index (χ2n) is 6.83. The number of nitrogens with one attached hydrogen (secondary N) is 1. The van der Waals surface area contributed by atoms with Crippen molar-refractivity contribution >= 4 is 5.97 Å². The summed E-state index contributed by atoms with van der Waals surface area (Å²) in [4.78, 5) is 11.4. The standard InChI is InChI=1S/C19H35NO4/c1-6-8-9-10-11-12-16(17(21)22)20-18(23-5)24-15-14-19(3,4)13-7-2/h6-7,16,18,20H,1-2,8-15H2,3-5H3,(H,21,22)/t16-,18?/m0/s1. The van der Waals surface area contributed by atoms with Crippen LogP contribution in [0.1, 0.15) is 58.8 Å². The van der Waals surface area contributed by atoms with E-state index in [1.54, 1.807) is 0 Å². The Morgan fingerprint density at radius 3 is 2.50 bits per heavy atom. The highest BCUT2D eigenvalue weighted by Gasteiger charge is 2.22. The monoisotopic (exact) mass is 341 g/mol. The van der Waals surface area contributed by atoms with Crippen LogP contribution in [-0.2, 0) is 14.3 Å². The summed E-state index contributed by atoms with van der Waals surface area (Å²) in [7, 11) is 1.51. The van der Waals surface area contributed by atoms with Crippen LogP contribution >= 0.6 is 0 Å². The van der Waals surface area contributed by atoms with Crippen LogP contribution in [-0.4, -0.2) is 37.2 Å². The van der Waals surface area contributed by atoms with Gasteiger partial charge in [-0.15, -0.1) is 13.2 Å². The van der Waals surface area contributed by atoms with E-state index in [4.69, 9.17) is 9.47 Å². The first-order valence-corrected chi connectivity index (χ1v) is 8.71. The minimum Gasteiger partial charge on any atom is -0.480 e. The van der Waals surface area contributed by atoms with Gasteiger partial charge in [-0.05, 0) is 37.5 Å². The fourth-order valence-corrected chi connectivity index (χ4v) is 2.38. The first-order valence-electron chi connectivity index (χ1n) is 8.71. The molecule has 0 heterocycles. The second-order valence-corrected chi connectivity index (χ2v) is 6.83. The van der Waals surface area contributed by atoms with E-state index in [9.17, 15) is 9.90 Å². The molecule has 0 spiro atoms. The number of rotatable bonds is 16. The molecule has 0 rings (SSSR count). The van der Waals surface area contributed by atoms with E-state index in [-0.39, 0.29) is 5.41 Å². The number of carbonyl (C=O) groups is 1. The predicted molar refractivity (Wildman–Crippen MR) is 97.8 cm³/mol. The lowest BCUT2D eigenvalue weighted by Gasteiger charge is -2.26. The van der Waals surface area contributed by atoms with Crippen LogP contribution in [0.4, 0.5) is 0 Å². The molecular weight excluding hydrogens is 306 g/mol. The number of carboxylic acid groups (broad SMARTS) is 1. The lowest BCUT2D eigenvalue weighted by atomic mass is 9.86. The first kappa shape index (κ1) is 22.8. The lowest BCUT2D eigenvalue weighted by Crippen LogP contribution is -2.45. The van der Waals surface area contributed by atoms with Gasteiger partial charge in [0.15, 0.2) is 0 Å². The zero-order valence-corrected chi connectivity index (χ0v) is 15.6. The molecule has 1 unspecified atom stereocenters. The van der Waals surface area contributed by atoms with Gasteiger partial charge in [-0.2, -0.15) is 0 Å². The van der Waals surface area contributed by atoms with Crippen molar-refractivity contribution in [2.24, 2.45) is 5.41 Å². The number of carboxylic acids is 1. The van der Waals surface area contributed by atoms with E-state index in [0.717, 1.165) is 38.5 Å². The molecule has 0 aliphatic heterocycles. The highest BCUT2D eigenvalue weighted by molar-refractivity contribution is 5.73. The molecule has 0 bridgehead atoms. The van der Waals surface area contributed by atoms with Crippen LogP contribution in [0, 0.1) is 5.41 Å². The number of aliphatic carboxylic acids is 1. The number of methoxy groups -OCH3 is 1. The third-order valence-corrected chi connectivity index (χ3v) is 4.00. The maximum absolute atomic E-state index is 11.4. The smallest absolute Gasteiger partial charge is 0.320 e. The molecular formula is C19H35NO4. The maximum Gasteiger partial charge on any atom is 0.320 e. The van der Waals surface area contributed by atoms with Gasteiger partial charge in [-0.3, -0.25) is 10.1 Å². The van der Waals surface area contributed by atoms with Gasteiger partial charge in [0.1, 0.15) is 6.04 Å². The highest BCUT2D eigenvalue weighted by Crippen LogP contribution is 2.25. The summed E-state index contributed by atoms with van der Waals surface area (Å²) in [5.41, 5.74) is 0.109. The van der Waals surface area contributed by atoms with Crippen molar-refractivity contribution in [3.05, 3.63) is 25.3 Å². The van der Waals surface area contributed by atoms with Crippen LogP contribution in [0.3, 0.4) is 0 Å². The molecule has 0 saturated heterocycles. The van der Waals surface area contributed by atoms with Gasteiger partial charge in [0.25, 0.3) is 0 Å². The Labute approximate surface area is 147 Å². The van der Waals surface area contributed by atoms with E-state index in [2.05, 4.69) is 32.3 Å². The van der Waals surface area contributed by atoms with E-state index in [1.807, 2.05) is 12.2 Å². The van der Waals surface area contributed by atoms with Crippen LogP contribution < -0.4 is 5.32 Å². The molecule has 140 valence electrons. The molecule has 24 heavy (non-hydrogen) atoms. The summed E-state index contributed by atoms with van der Waals surface area (Å²) >= 11 is 0. The van der Waals surface area contributed by atoms with Crippen molar-refractivity contribution in [2.45, 2.75) is 71.2 Å². The van der Waals surface area contributed by atoms with Crippen molar-refractivity contribution in [2.75, 3.05) is 13.7 Å². The van der Waals surface area contributed by atoms with Crippen molar-refractivity contribution < 1.29 is 19.4 Å². The van der Waals surface area contributed by atoms with Gasteiger partial charge in [0.05, 0.1) is 6.61 Å². The van der Waals surface area contributed by atoms with Gasteiger partial charge < -0.3 is 14.6 Å². The molecule has 0 fully saturated rings. The highest BCUT2D eigenvalue weighted by atomic mass is 16.7. The fourth-order valence-electron chi connectivity index (χ4n) is 2.38. The minimum absolute atomic E-state index is 0.109. The van der Waals surface area contributed by atoms with Crippen LogP contribution in [0.25, 0.3) is 0 Å². The zero-order valence-electron chi connectivity index (χ0n) is 15.6. The van der Waals surface area contributed by atoms with Crippen molar-refractivity contribution in [3.63, 3.8) is 0 Å². The first-order chi connectivity index (χ1) is 11.4. The van der Waals surface area contributed by atoms with E-state index in [1.165, 1.54) is 7.11 Å². The van der Waals surface area contributed by atoms with Crippen molar-refractivity contribution in [1.29, 1.82) is 0 Å². The minimum atomic E-state index is -0.878. The second kappa shape index (κ2) is 13.2. The molecule has 0 aromatic rings. The lowest BCUT2D eigenvalue weighted by molar-refractivity contribution is -0.164. The van der Waals surface area contributed by atoms with Crippen LogP contribution in [0.5, 0.6) is 0 Å². The van der Waals surface area contributed by atoms with Gasteiger partial charge in [-0.25, -0.2) is 0 Å². The molecule has 5 heteroatoms. The average Bonchev–Trinajstić information content (AvgIpc) is 2.51. The molecule has 2 atom stereocenters. The molecule has 0 amide bonds. The molecule has 0 aromatic carbocycles. The molecule has 0 radical (unpaired) electrons. The summed E-state index contributed by atoms with van der Waals surface area (Å²) in [6, 6.07) is -0.667. The normalized spacial score (nSPS) is 14.1. The number of ether oxygens (including phenoxy) is 2. The summed E-state index contributed by atoms with van der Waals surface area (Å²) in [5, 5.41) is 12.3. The van der Waals surface area contributed by atoms with Crippen LogP contribution in [0.2, 0.25) is 0 Å². The van der Waals surface area contributed by atoms with Crippen molar-refractivity contribution in [1.82, 2.24) is 5.32 Å².